The van der Waals surface area contributed by atoms with Gasteiger partial charge in [0, 0.05) is 22.0 Å². The summed E-state index contributed by atoms with van der Waals surface area (Å²) in [6.07, 6.45) is 4.11. The fraction of sp³-hybridized carbons (Fsp3) is 0.333. The summed E-state index contributed by atoms with van der Waals surface area (Å²) in [6.45, 7) is -0.142. The van der Waals surface area contributed by atoms with Crippen molar-refractivity contribution >= 4 is 36.9 Å². The van der Waals surface area contributed by atoms with E-state index in [1.165, 1.54) is 11.8 Å². The fourth-order valence-corrected chi connectivity index (χ4v) is 5.62. The van der Waals surface area contributed by atoms with Crippen molar-refractivity contribution in [1.29, 1.82) is 0 Å². The molecule has 1 heterocycles. The first kappa shape index (κ1) is 23.0. The maximum atomic E-state index is 11.7. The van der Waals surface area contributed by atoms with Gasteiger partial charge in [-0.3, -0.25) is 8.37 Å². The maximum absolute atomic E-state index is 11.7. The van der Waals surface area contributed by atoms with Gasteiger partial charge >= 0.3 is 0 Å². The van der Waals surface area contributed by atoms with Crippen LogP contribution in [0.3, 0.4) is 0 Å². The standard InChI is InChI=1S/C21H24O6S3/c1-29(22,23)26-14-19-18(16-9-5-3-6-10-16)13-20(17-11-7-4-8-12-17)28-21(19)15-27-30(2,24)25/h3-13,18-19,21H,14-15H2,1-2H3/t18-,19+,21-/m1/s1. The third kappa shape index (κ3) is 6.68. The van der Waals surface area contributed by atoms with Gasteiger partial charge in [-0.1, -0.05) is 66.7 Å². The predicted octanol–water partition coefficient (Wildman–Crippen LogP) is 3.50. The van der Waals surface area contributed by atoms with Crippen molar-refractivity contribution < 1.29 is 25.2 Å². The highest BCUT2D eigenvalue weighted by Crippen LogP contribution is 2.47. The predicted molar refractivity (Wildman–Crippen MR) is 120 cm³/mol. The molecule has 0 N–H and O–H groups in total. The number of hydrogen-bond donors (Lipinski definition) is 0. The Labute approximate surface area is 182 Å². The van der Waals surface area contributed by atoms with E-state index < -0.39 is 20.2 Å². The average Bonchev–Trinajstić information content (AvgIpc) is 2.70. The molecule has 6 nitrogen and oxygen atoms in total. The van der Waals surface area contributed by atoms with Crippen LogP contribution in [-0.2, 0) is 28.6 Å². The normalized spacial score (nSPS) is 22.5. The maximum Gasteiger partial charge on any atom is 0.264 e. The van der Waals surface area contributed by atoms with Crippen LogP contribution in [0.4, 0.5) is 0 Å². The largest absolute Gasteiger partial charge is 0.270 e. The summed E-state index contributed by atoms with van der Waals surface area (Å²) in [6, 6.07) is 19.5. The third-order valence-electron chi connectivity index (χ3n) is 4.71. The lowest BCUT2D eigenvalue weighted by molar-refractivity contribution is 0.210. The molecule has 30 heavy (non-hydrogen) atoms. The van der Waals surface area contributed by atoms with Crippen molar-refractivity contribution in [3.8, 4) is 0 Å². The average molecular weight is 469 g/mol. The van der Waals surface area contributed by atoms with E-state index in [1.54, 1.807) is 0 Å². The van der Waals surface area contributed by atoms with E-state index >= 15 is 0 Å². The van der Waals surface area contributed by atoms with E-state index in [9.17, 15) is 16.8 Å². The van der Waals surface area contributed by atoms with Crippen LogP contribution in [0.5, 0.6) is 0 Å². The molecule has 3 rings (SSSR count). The van der Waals surface area contributed by atoms with Crippen molar-refractivity contribution in [2.75, 3.05) is 25.7 Å². The fourth-order valence-electron chi connectivity index (χ4n) is 3.35. The summed E-state index contributed by atoms with van der Waals surface area (Å²) >= 11 is 1.48. The second kappa shape index (κ2) is 9.65. The van der Waals surface area contributed by atoms with Gasteiger partial charge in [-0.15, -0.1) is 11.8 Å². The molecule has 2 aromatic rings. The zero-order valence-corrected chi connectivity index (χ0v) is 19.1. The van der Waals surface area contributed by atoms with E-state index in [2.05, 4.69) is 6.08 Å². The first-order valence-corrected chi connectivity index (χ1v) is 13.8. The zero-order chi connectivity index (χ0) is 21.8. The second-order valence-electron chi connectivity index (χ2n) is 7.13. The van der Waals surface area contributed by atoms with Crippen LogP contribution in [-0.4, -0.2) is 47.8 Å². The minimum Gasteiger partial charge on any atom is -0.270 e. The van der Waals surface area contributed by atoms with Crippen LogP contribution in [0.15, 0.2) is 66.7 Å². The third-order valence-corrected chi connectivity index (χ3v) is 7.25. The van der Waals surface area contributed by atoms with Crippen molar-refractivity contribution in [2.24, 2.45) is 5.92 Å². The molecular formula is C21H24O6S3. The Morgan fingerprint density at radius 2 is 1.33 bits per heavy atom. The van der Waals surface area contributed by atoms with E-state index in [4.69, 9.17) is 8.37 Å². The molecule has 0 aliphatic carbocycles. The first-order chi connectivity index (χ1) is 14.1. The lowest BCUT2D eigenvalue weighted by Gasteiger charge is -2.36. The molecule has 0 amide bonds. The second-order valence-corrected chi connectivity index (χ2v) is 11.7. The summed E-state index contributed by atoms with van der Waals surface area (Å²) in [4.78, 5) is 0.988. The molecule has 2 aromatic carbocycles. The van der Waals surface area contributed by atoms with Gasteiger partial charge in [0.2, 0.25) is 0 Å². The topological polar surface area (TPSA) is 86.7 Å². The molecule has 1 aliphatic rings. The highest BCUT2D eigenvalue weighted by atomic mass is 32.2. The molecule has 162 valence electrons. The van der Waals surface area contributed by atoms with Crippen LogP contribution >= 0.6 is 11.8 Å². The molecule has 0 aromatic heterocycles. The minimum absolute atomic E-state index is 0.0677. The highest BCUT2D eigenvalue weighted by Gasteiger charge is 2.37. The molecule has 0 saturated heterocycles. The monoisotopic (exact) mass is 468 g/mol. The van der Waals surface area contributed by atoms with E-state index in [0.717, 1.165) is 28.5 Å². The summed E-state index contributed by atoms with van der Waals surface area (Å²) in [5.41, 5.74) is 2.01. The Bertz CT molecular complexity index is 1080. The van der Waals surface area contributed by atoms with Gasteiger partial charge < -0.3 is 0 Å². The van der Waals surface area contributed by atoms with Gasteiger partial charge in [0.05, 0.1) is 25.7 Å². The first-order valence-electron chi connectivity index (χ1n) is 9.30. The van der Waals surface area contributed by atoms with Gasteiger partial charge in [0.25, 0.3) is 20.2 Å². The molecule has 0 fully saturated rings. The molecule has 1 aliphatic heterocycles. The molecule has 3 atom stereocenters. The molecule has 0 unspecified atom stereocenters. The van der Waals surface area contributed by atoms with Crippen LogP contribution in [0.1, 0.15) is 17.0 Å². The van der Waals surface area contributed by atoms with Gasteiger partial charge in [-0.05, 0) is 11.1 Å². The summed E-state index contributed by atoms with van der Waals surface area (Å²) < 4.78 is 56.8. The van der Waals surface area contributed by atoms with E-state index in [-0.39, 0.29) is 30.3 Å². The van der Waals surface area contributed by atoms with Crippen molar-refractivity contribution in [2.45, 2.75) is 11.2 Å². The Morgan fingerprint density at radius 3 is 1.90 bits per heavy atom. The Kier molecular flexibility index (Phi) is 7.41. The number of benzene rings is 2. The van der Waals surface area contributed by atoms with Crippen LogP contribution < -0.4 is 0 Å². The summed E-state index contributed by atoms with van der Waals surface area (Å²) in [5.74, 6) is -0.473. The summed E-state index contributed by atoms with van der Waals surface area (Å²) in [5, 5.41) is -0.327. The van der Waals surface area contributed by atoms with Crippen molar-refractivity contribution in [3.63, 3.8) is 0 Å². The molecular weight excluding hydrogens is 444 g/mol. The number of rotatable bonds is 8. The van der Waals surface area contributed by atoms with Crippen LogP contribution in [0.25, 0.3) is 4.91 Å². The van der Waals surface area contributed by atoms with Gasteiger partial charge in [-0.2, -0.15) is 16.8 Å². The quantitative estimate of drug-likeness (QED) is 0.548. The van der Waals surface area contributed by atoms with Gasteiger partial charge in [-0.25, -0.2) is 0 Å². The Balaban J connectivity index is 2.03. The highest BCUT2D eigenvalue weighted by molar-refractivity contribution is 8.09. The number of hydrogen-bond acceptors (Lipinski definition) is 7. The molecule has 0 bridgehead atoms. The Morgan fingerprint density at radius 1 is 0.800 bits per heavy atom. The van der Waals surface area contributed by atoms with Crippen molar-refractivity contribution in [1.82, 2.24) is 0 Å². The Hall–Kier alpha value is -1.65. The van der Waals surface area contributed by atoms with E-state index in [0.29, 0.717) is 0 Å². The minimum atomic E-state index is -3.65. The van der Waals surface area contributed by atoms with Gasteiger partial charge in [0.1, 0.15) is 0 Å². The zero-order valence-electron chi connectivity index (χ0n) is 16.7. The number of thioether (sulfide) groups is 1. The molecule has 0 saturated carbocycles. The van der Waals surface area contributed by atoms with Crippen LogP contribution in [0, 0.1) is 5.92 Å². The molecule has 0 radical (unpaired) electrons. The SMILES string of the molecule is CS(=O)(=O)OC[C@H]1[C@@H](c2ccccc2)C=C(c2ccccc2)S[C@@H]1COS(C)(=O)=O. The number of allylic oxidation sites excluding steroid dienone is 1. The summed E-state index contributed by atoms with van der Waals surface area (Å²) in [7, 11) is -7.30. The molecule has 0 spiro atoms. The van der Waals surface area contributed by atoms with Crippen molar-refractivity contribution in [3.05, 3.63) is 77.9 Å². The lowest BCUT2D eigenvalue weighted by atomic mass is 9.83. The van der Waals surface area contributed by atoms with Crippen LogP contribution in [0.2, 0.25) is 0 Å². The lowest BCUT2D eigenvalue weighted by Crippen LogP contribution is -2.35. The smallest absolute Gasteiger partial charge is 0.264 e. The molecule has 9 heteroatoms. The van der Waals surface area contributed by atoms with E-state index in [1.807, 2.05) is 60.7 Å². The van der Waals surface area contributed by atoms with Gasteiger partial charge in [0.15, 0.2) is 0 Å².